The predicted octanol–water partition coefficient (Wildman–Crippen LogP) is -0.0321. The van der Waals surface area contributed by atoms with Gasteiger partial charge in [-0.25, -0.2) is 4.99 Å². The number of hydroxylamine groups is 1. The van der Waals surface area contributed by atoms with Gasteiger partial charge in [0.2, 0.25) is 0 Å². The molecule has 0 spiro atoms. The second kappa shape index (κ2) is 2.38. The standard InChI is InChI=1S/C6H9N3O/c1-2-10-9-6-5(1)3-7-4-8-6/h3,5H,1-2,4H2,(H,8,9). The van der Waals surface area contributed by atoms with Crippen LogP contribution in [0.2, 0.25) is 0 Å². The minimum absolute atomic E-state index is 0.377. The zero-order valence-electron chi connectivity index (χ0n) is 5.58. The van der Waals surface area contributed by atoms with Crippen LogP contribution < -0.4 is 5.48 Å². The number of hydrogen-bond acceptors (Lipinski definition) is 4. The summed E-state index contributed by atoms with van der Waals surface area (Å²) in [5, 5.41) is 0. The van der Waals surface area contributed by atoms with Crippen LogP contribution in [0.5, 0.6) is 0 Å². The molecule has 0 aromatic heterocycles. The molecule has 4 heteroatoms. The summed E-state index contributed by atoms with van der Waals surface area (Å²) in [6, 6.07) is 0. The van der Waals surface area contributed by atoms with E-state index in [4.69, 9.17) is 4.84 Å². The van der Waals surface area contributed by atoms with Crippen molar-refractivity contribution in [1.82, 2.24) is 5.48 Å². The summed E-state index contributed by atoms with van der Waals surface area (Å²) in [6.45, 7) is 1.29. The smallest absolute Gasteiger partial charge is 0.131 e. The van der Waals surface area contributed by atoms with Crippen LogP contribution >= 0.6 is 0 Å². The van der Waals surface area contributed by atoms with Gasteiger partial charge in [-0.1, -0.05) is 0 Å². The van der Waals surface area contributed by atoms with Crippen molar-refractivity contribution in [2.75, 3.05) is 13.3 Å². The maximum absolute atomic E-state index is 5.00. The first-order valence-electron chi connectivity index (χ1n) is 3.39. The van der Waals surface area contributed by atoms with Crippen LogP contribution in [0.1, 0.15) is 6.42 Å². The van der Waals surface area contributed by atoms with Gasteiger partial charge >= 0.3 is 0 Å². The highest BCUT2D eigenvalue weighted by Crippen LogP contribution is 2.09. The summed E-state index contributed by atoms with van der Waals surface area (Å²) in [5.41, 5.74) is 2.78. The molecule has 0 amide bonds. The van der Waals surface area contributed by atoms with Gasteiger partial charge in [0.15, 0.2) is 0 Å². The summed E-state index contributed by atoms with van der Waals surface area (Å²) >= 11 is 0. The normalized spacial score (nSPS) is 30.4. The van der Waals surface area contributed by atoms with E-state index in [2.05, 4.69) is 15.5 Å². The quantitative estimate of drug-likeness (QED) is 0.512. The molecule has 0 bridgehead atoms. The Kier molecular flexibility index (Phi) is 1.39. The number of nitrogens with zero attached hydrogens (tertiary/aromatic N) is 2. The fourth-order valence-corrected chi connectivity index (χ4v) is 1.11. The average molecular weight is 139 g/mol. The van der Waals surface area contributed by atoms with E-state index in [-0.39, 0.29) is 0 Å². The molecule has 2 heterocycles. The minimum Gasteiger partial charge on any atom is -0.275 e. The third kappa shape index (κ3) is 0.903. The van der Waals surface area contributed by atoms with Gasteiger partial charge in [0.25, 0.3) is 0 Å². The van der Waals surface area contributed by atoms with Crippen molar-refractivity contribution < 1.29 is 4.84 Å². The van der Waals surface area contributed by atoms with E-state index in [1.165, 1.54) is 0 Å². The van der Waals surface area contributed by atoms with Crippen molar-refractivity contribution in [3.05, 3.63) is 0 Å². The molecule has 1 fully saturated rings. The number of aliphatic imine (C=N–C) groups is 2. The first-order valence-corrected chi connectivity index (χ1v) is 3.39. The number of rotatable bonds is 0. The summed E-state index contributed by atoms with van der Waals surface area (Å²) < 4.78 is 0. The number of amidine groups is 1. The SMILES string of the molecule is C1=NCN=C2NOCCC12. The summed E-state index contributed by atoms with van der Waals surface area (Å²) in [6.07, 6.45) is 2.94. The minimum atomic E-state index is 0.377. The van der Waals surface area contributed by atoms with E-state index in [1.54, 1.807) is 0 Å². The molecule has 2 aliphatic heterocycles. The molecule has 1 N–H and O–H groups in total. The molecule has 1 atom stereocenters. The van der Waals surface area contributed by atoms with Crippen LogP contribution in [-0.2, 0) is 4.84 Å². The van der Waals surface area contributed by atoms with Crippen molar-refractivity contribution in [2.24, 2.45) is 15.9 Å². The van der Waals surface area contributed by atoms with E-state index >= 15 is 0 Å². The Bertz CT molecular complexity index is 187. The Hall–Kier alpha value is -0.900. The molecule has 1 unspecified atom stereocenters. The largest absolute Gasteiger partial charge is 0.275 e. The molecule has 4 nitrogen and oxygen atoms in total. The van der Waals surface area contributed by atoms with Gasteiger partial charge < -0.3 is 0 Å². The molecule has 0 aromatic rings. The molecular formula is C6H9N3O. The van der Waals surface area contributed by atoms with Crippen LogP contribution in [0.15, 0.2) is 9.98 Å². The molecule has 1 saturated heterocycles. The van der Waals surface area contributed by atoms with Gasteiger partial charge in [0.1, 0.15) is 12.5 Å². The zero-order valence-corrected chi connectivity index (χ0v) is 5.58. The van der Waals surface area contributed by atoms with Crippen LogP contribution in [-0.4, -0.2) is 25.3 Å². The summed E-state index contributed by atoms with van der Waals surface area (Å²) in [7, 11) is 0. The molecule has 0 aromatic carbocycles. The molecule has 10 heavy (non-hydrogen) atoms. The van der Waals surface area contributed by atoms with Gasteiger partial charge in [-0.3, -0.25) is 15.3 Å². The lowest BCUT2D eigenvalue weighted by molar-refractivity contribution is 0.0612. The van der Waals surface area contributed by atoms with Crippen molar-refractivity contribution in [1.29, 1.82) is 0 Å². The Morgan fingerprint density at radius 3 is 3.60 bits per heavy atom. The first kappa shape index (κ1) is 5.85. The van der Waals surface area contributed by atoms with E-state index in [1.807, 2.05) is 6.21 Å². The molecule has 2 aliphatic rings. The van der Waals surface area contributed by atoms with Crippen molar-refractivity contribution in [3.63, 3.8) is 0 Å². The van der Waals surface area contributed by atoms with Crippen molar-refractivity contribution >= 4 is 12.1 Å². The predicted molar refractivity (Wildman–Crippen MR) is 38.0 cm³/mol. The van der Waals surface area contributed by atoms with Crippen LogP contribution in [0.4, 0.5) is 0 Å². The Morgan fingerprint density at radius 1 is 1.70 bits per heavy atom. The number of nitrogens with one attached hydrogen (secondary N) is 1. The van der Waals surface area contributed by atoms with Crippen molar-refractivity contribution in [2.45, 2.75) is 6.42 Å². The highest BCUT2D eigenvalue weighted by molar-refractivity contribution is 5.97. The highest BCUT2D eigenvalue weighted by Gasteiger charge is 2.20. The summed E-state index contributed by atoms with van der Waals surface area (Å²) in [5.74, 6) is 1.31. The maximum Gasteiger partial charge on any atom is 0.131 e. The van der Waals surface area contributed by atoms with Crippen LogP contribution in [0.25, 0.3) is 0 Å². The van der Waals surface area contributed by atoms with E-state index < -0.39 is 0 Å². The molecular weight excluding hydrogens is 130 g/mol. The third-order valence-electron chi connectivity index (χ3n) is 1.67. The monoisotopic (exact) mass is 139 g/mol. The fraction of sp³-hybridized carbons (Fsp3) is 0.667. The Morgan fingerprint density at radius 2 is 2.70 bits per heavy atom. The second-order valence-electron chi connectivity index (χ2n) is 2.36. The van der Waals surface area contributed by atoms with Crippen molar-refractivity contribution in [3.8, 4) is 0 Å². The fourth-order valence-electron chi connectivity index (χ4n) is 1.11. The average Bonchev–Trinajstić information content (AvgIpc) is 2.05. The topological polar surface area (TPSA) is 46.0 Å². The number of fused-ring (bicyclic) bond motifs is 1. The molecule has 0 saturated carbocycles. The Labute approximate surface area is 59.0 Å². The highest BCUT2D eigenvalue weighted by atomic mass is 16.6. The lowest BCUT2D eigenvalue weighted by Gasteiger charge is -2.23. The molecule has 2 rings (SSSR count). The zero-order chi connectivity index (χ0) is 6.81. The van der Waals surface area contributed by atoms with Gasteiger partial charge in [-0.15, -0.1) is 0 Å². The number of hydrogen-bond donors (Lipinski definition) is 1. The van der Waals surface area contributed by atoms with E-state index in [9.17, 15) is 0 Å². The molecule has 0 radical (unpaired) electrons. The van der Waals surface area contributed by atoms with Gasteiger partial charge in [-0.05, 0) is 6.42 Å². The van der Waals surface area contributed by atoms with Gasteiger partial charge in [0.05, 0.1) is 12.5 Å². The van der Waals surface area contributed by atoms with E-state index in [0.29, 0.717) is 12.6 Å². The summed E-state index contributed by atoms with van der Waals surface area (Å²) in [4.78, 5) is 13.2. The molecule has 54 valence electrons. The lowest BCUT2D eigenvalue weighted by atomic mass is 10.1. The lowest BCUT2D eigenvalue weighted by Crippen LogP contribution is -2.39. The van der Waals surface area contributed by atoms with E-state index in [0.717, 1.165) is 18.9 Å². The van der Waals surface area contributed by atoms with Crippen LogP contribution in [0.3, 0.4) is 0 Å². The first-order chi connectivity index (χ1) is 4.97. The van der Waals surface area contributed by atoms with Crippen LogP contribution in [0, 0.1) is 5.92 Å². The van der Waals surface area contributed by atoms with Gasteiger partial charge in [0, 0.05) is 6.21 Å². The second-order valence-corrected chi connectivity index (χ2v) is 2.36. The third-order valence-corrected chi connectivity index (χ3v) is 1.67. The molecule has 0 aliphatic carbocycles. The van der Waals surface area contributed by atoms with Gasteiger partial charge in [-0.2, -0.15) is 0 Å². The maximum atomic E-state index is 5.00. The Balaban J connectivity index is 2.13.